The van der Waals surface area contributed by atoms with Crippen LogP contribution in [-0.2, 0) is 11.3 Å². The van der Waals surface area contributed by atoms with Crippen molar-refractivity contribution < 1.29 is 27.4 Å². The number of alkyl halides is 3. The van der Waals surface area contributed by atoms with Crippen molar-refractivity contribution in [3.8, 4) is 11.8 Å². The van der Waals surface area contributed by atoms with Crippen LogP contribution < -0.4 is 20.7 Å². The maximum absolute atomic E-state index is 12.7. The minimum Gasteiger partial charge on any atom is -0.444 e. The minimum atomic E-state index is -4.81. The van der Waals surface area contributed by atoms with E-state index in [9.17, 15) is 23.2 Å². The van der Waals surface area contributed by atoms with Crippen molar-refractivity contribution in [2.24, 2.45) is 5.92 Å². The van der Waals surface area contributed by atoms with Crippen LogP contribution in [0.4, 0.5) is 29.7 Å². The zero-order valence-electron chi connectivity index (χ0n) is 20.3. The molecule has 0 saturated heterocycles. The Morgan fingerprint density at radius 3 is 2.64 bits per heavy atom. The lowest BCUT2D eigenvalue weighted by molar-refractivity contribution is -0.274. The summed E-state index contributed by atoms with van der Waals surface area (Å²) in [5.74, 6) is 0.391. The highest BCUT2D eigenvalue weighted by Crippen LogP contribution is 2.28. The first-order valence-corrected chi connectivity index (χ1v) is 11.5. The second kappa shape index (κ2) is 11.3. The summed E-state index contributed by atoms with van der Waals surface area (Å²) in [6, 6.07) is 7.80. The van der Waals surface area contributed by atoms with Gasteiger partial charge in [0.15, 0.2) is 0 Å². The van der Waals surface area contributed by atoms with Gasteiger partial charge in [-0.15, -0.1) is 13.2 Å². The van der Waals surface area contributed by atoms with Gasteiger partial charge in [-0.2, -0.15) is 10.2 Å². The Kier molecular flexibility index (Phi) is 8.45. The minimum absolute atomic E-state index is 0.00343. The van der Waals surface area contributed by atoms with E-state index in [0.717, 1.165) is 19.3 Å². The molecule has 0 aliphatic heterocycles. The van der Waals surface area contributed by atoms with E-state index >= 15 is 0 Å². The summed E-state index contributed by atoms with van der Waals surface area (Å²) in [5, 5.41) is 18.3. The highest BCUT2D eigenvalue weighted by atomic mass is 19.4. The van der Waals surface area contributed by atoms with Crippen molar-refractivity contribution in [1.82, 2.24) is 15.3 Å². The molecule has 1 aliphatic carbocycles. The number of amides is 1. The summed E-state index contributed by atoms with van der Waals surface area (Å²) in [6.45, 7) is 5.93. The Balaban J connectivity index is 1.57. The number of hydrogen-bond donors (Lipinski definition) is 3. The molecular formula is C24H29F3N6O3. The summed E-state index contributed by atoms with van der Waals surface area (Å²) in [6.07, 6.45) is -1.47. The lowest BCUT2D eigenvalue weighted by Crippen LogP contribution is -2.38. The summed E-state index contributed by atoms with van der Waals surface area (Å²) >= 11 is 0. The first-order chi connectivity index (χ1) is 16.9. The number of carbonyl (C=O) groups is 1. The van der Waals surface area contributed by atoms with Gasteiger partial charge in [0.1, 0.15) is 28.8 Å². The maximum Gasteiger partial charge on any atom is 0.573 e. The third kappa shape index (κ3) is 8.48. The third-order valence-electron chi connectivity index (χ3n) is 5.36. The number of nitriles is 1. The SMILES string of the molecule is CC(C)(C)OC(=O)N[C@@H]1CC[C@@H](CNc2nc(NCc3ccccc3OC(F)(F)F)ncc2C#N)C1. The van der Waals surface area contributed by atoms with Crippen LogP contribution in [0.1, 0.15) is 51.2 Å². The van der Waals surface area contributed by atoms with Crippen LogP contribution in [-0.4, -0.2) is 40.6 Å². The van der Waals surface area contributed by atoms with Crippen LogP contribution in [0.15, 0.2) is 30.5 Å². The molecule has 1 amide bonds. The molecule has 3 N–H and O–H groups in total. The van der Waals surface area contributed by atoms with Crippen LogP contribution in [0.2, 0.25) is 0 Å². The Hall–Kier alpha value is -3.75. The predicted octanol–water partition coefficient (Wildman–Crippen LogP) is 4.96. The Morgan fingerprint density at radius 2 is 1.94 bits per heavy atom. The van der Waals surface area contributed by atoms with E-state index in [2.05, 4.69) is 30.7 Å². The zero-order chi connectivity index (χ0) is 26.3. The first-order valence-electron chi connectivity index (χ1n) is 11.5. The second-order valence-corrected chi connectivity index (χ2v) is 9.48. The lowest BCUT2D eigenvalue weighted by atomic mass is 10.1. The molecule has 1 heterocycles. The number of hydrogen-bond acceptors (Lipinski definition) is 8. The van der Waals surface area contributed by atoms with Crippen LogP contribution in [0, 0.1) is 17.2 Å². The van der Waals surface area contributed by atoms with Gasteiger partial charge in [0.05, 0.1) is 6.20 Å². The normalized spacial score (nSPS) is 17.7. The summed E-state index contributed by atoms with van der Waals surface area (Å²) in [4.78, 5) is 20.4. The van der Waals surface area contributed by atoms with Crippen LogP contribution in [0.5, 0.6) is 5.75 Å². The zero-order valence-corrected chi connectivity index (χ0v) is 20.3. The molecule has 0 bridgehead atoms. The summed E-state index contributed by atoms with van der Waals surface area (Å²) in [5.41, 5.74) is -0.0571. The molecule has 1 saturated carbocycles. The fraction of sp³-hybridized carbons (Fsp3) is 0.500. The standard InChI is InChI=1S/C24H29F3N6O3/c1-23(2,3)36-22(34)32-18-9-8-15(10-18)12-29-20-17(11-28)14-31-21(33-20)30-13-16-6-4-5-7-19(16)35-24(25,26)27/h4-7,14-15,18H,8-10,12-13H2,1-3H3,(H,32,34)(H2,29,30,31,33)/t15-,18-/m1/s1. The lowest BCUT2D eigenvalue weighted by Gasteiger charge is -2.21. The van der Waals surface area contributed by atoms with Gasteiger partial charge < -0.3 is 25.4 Å². The van der Waals surface area contributed by atoms with Gasteiger partial charge in [0.25, 0.3) is 0 Å². The highest BCUT2D eigenvalue weighted by molar-refractivity contribution is 5.68. The van der Waals surface area contributed by atoms with Gasteiger partial charge in [-0.1, -0.05) is 18.2 Å². The quantitative estimate of drug-likeness (QED) is 0.459. The molecule has 1 aromatic carbocycles. The number of nitrogens with one attached hydrogen (secondary N) is 3. The van der Waals surface area contributed by atoms with Crippen molar-refractivity contribution in [2.45, 2.75) is 64.6 Å². The van der Waals surface area contributed by atoms with Crippen molar-refractivity contribution in [3.63, 3.8) is 0 Å². The third-order valence-corrected chi connectivity index (χ3v) is 5.36. The van der Waals surface area contributed by atoms with Gasteiger partial charge in [-0.3, -0.25) is 0 Å². The average Bonchev–Trinajstić information content (AvgIpc) is 3.21. The number of aromatic nitrogens is 2. The van der Waals surface area contributed by atoms with Gasteiger partial charge >= 0.3 is 12.5 Å². The molecule has 36 heavy (non-hydrogen) atoms. The van der Waals surface area contributed by atoms with E-state index in [1.165, 1.54) is 24.4 Å². The molecule has 1 aromatic heterocycles. The van der Waals surface area contributed by atoms with Crippen LogP contribution >= 0.6 is 0 Å². The molecule has 0 spiro atoms. The fourth-order valence-electron chi connectivity index (χ4n) is 3.84. The number of benzene rings is 1. The molecule has 1 fully saturated rings. The number of rotatable bonds is 8. The monoisotopic (exact) mass is 506 g/mol. The van der Waals surface area contributed by atoms with Crippen LogP contribution in [0.3, 0.4) is 0 Å². The molecule has 1 aliphatic rings. The van der Waals surface area contributed by atoms with Gasteiger partial charge in [0, 0.05) is 24.7 Å². The maximum atomic E-state index is 12.7. The molecule has 0 unspecified atom stereocenters. The van der Waals surface area contributed by atoms with Crippen LogP contribution in [0.25, 0.3) is 0 Å². The first kappa shape index (κ1) is 26.8. The number of carbonyl (C=O) groups excluding carboxylic acids is 1. The Morgan fingerprint density at radius 1 is 1.19 bits per heavy atom. The van der Waals surface area contributed by atoms with E-state index in [4.69, 9.17) is 4.74 Å². The molecule has 9 nitrogen and oxygen atoms in total. The summed E-state index contributed by atoms with van der Waals surface area (Å²) < 4.78 is 47.3. The second-order valence-electron chi connectivity index (χ2n) is 9.48. The molecule has 0 radical (unpaired) electrons. The van der Waals surface area contributed by atoms with E-state index in [1.54, 1.807) is 26.8 Å². The fourth-order valence-corrected chi connectivity index (χ4v) is 3.84. The van der Waals surface area contributed by atoms with E-state index < -0.39 is 18.1 Å². The summed E-state index contributed by atoms with van der Waals surface area (Å²) in [7, 11) is 0. The van der Waals surface area contributed by atoms with E-state index in [-0.39, 0.29) is 41.3 Å². The molecule has 3 rings (SSSR count). The van der Waals surface area contributed by atoms with Crippen molar-refractivity contribution in [2.75, 3.05) is 17.2 Å². The molecule has 194 valence electrons. The van der Waals surface area contributed by atoms with Crippen molar-refractivity contribution in [1.29, 1.82) is 5.26 Å². The number of para-hydroxylation sites is 1. The smallest absolute Gasteiger partial charge is 0.444 e. The number of nitrogens with zero attached hydrogens (tertiary/aromatic N) is 3. The molecule has 12 heteroatoms. The Bertz CT molecular complexity index is 1100. The largest absolute Gasteiger partial charge is 0.573 e. The molecule has 2 atom stereocenters. The van der Waals surface area contributed by atoms with E-state index in [0.29, 0.717) is 12.4 Å². The van der Waals surface area contributed by atoms with Gasteiger partial charge in [-0.05, 0) is 52.0 Å². The molecule has 2 aromatic rings. The topological polar surface area (TPSA) is 121 Å². The van der Waals surface area contributed by atoms with Crippen molar-refractivity contribution in [3.05, 3.63) is 41.6 Å². The number of ether oxygens (including phenoxy) is 2. The Labute approximate surface area is 207 Å². The number of halogens is 3. The van der Waals surface area contributed by atoms with Gasteiger partial charge in [-0.25, -0.2) is 9.78 Å². The predicted molar refractivity (Wildman–Crippen MR) is 126 cm³/mol. The number of alkyl carbamates (subject to hydrolysis) is 1. The molecular weight excluding hydrogens is 477 g/mol. The average molecular weight is 507 g/mol. The highest BCUT2D eigenvalue weighted by Gasteiger charge is 2.32. The van der Waals surface area contributed by atoms with Crippen molar-refractivity contribution >= 4 is 17.9 Å². The van der Waals surface area contributed by atoms with E-state index in [1.807, 2.05) is 6.07 Å². The van der Waals surface area contributed by atoms with Gasteiger partial charge in [0.2, 0.25) is 5.95 Å². The number of anilines is 2.